The number of aromatic nitrogens is 1. The van der Waals surface area contributed by atoms with Gasteiger partial charge in [-0.2, -0.15) is 0 Å². The Morgan fingerprint density at radius 2 is 1.77 bits per heavy atom. The van der Waals surface area contributed by atoms with Crippen molar-refractivity contribution in [1.82, 2.24) is 10.3 Å². The molecule has 6 nitrogen and oxygen atoms in total. The van der Waals surface area contributed by atoms with Gasteiger partial charge in [0.15, 0.2) is 6.61 Å². The number of benzene rings is 2. The molecule has 1 unspecified atom stereocenters. The lowest BCUT2D eigenvalue weighted by Crippen LogP contribution is -2.32. The van der Waals surface area contributed by atoms with Crippen molar-refractivity contribution in [3.05, 3.63) is 90.3 Å². The van der Waals surface area contributed by atoms with Gasteiger partial charge in [-0.3, -0.25) is 9.78 Å². The second-order valence-electron chi connectivity index (χ2n) is 6.68. The van der Waals surface area contributed by atoms with Crippen LogP contribution in [-0.2, 0) is 9.53 Å². The normalized spacial score (nSPS) is 11.4. The molecule has 1 amide bonds. The molecule has 2 aromatic carbocycles. The highest BCUT2D eigenvalue weighted by Crippen LogP contribution is 2.25. The number of nitrogens with zero attached hydrogens (tertiary/aromatic N) is 1. The van der Waals surface area contributed by atoms with E-state index in [0.717, 1.165) is 18.4 Å². The predicted octanol–water partition coefficient (Wildman–Crippen LogP) is 4.69. The van der Waals surface area contributed by atoms with Crippen LogP contribution in [0.1, 0.15) is 41.7 Å². The number of rotatable bonds is 9. The molecule has 0 aliphatic carbocycles. The van der Waals surface area contributed by atoms with Gasteiger partial charge in [0.1, 0.15) is 17.1 Å². The highest BCUT2D eigenvalue weighted by Gasteiger charge is 2.18. The number of amides is 1. The van der Waals surface area contributed by atoms with Gasteiger partial charge in [0.05, 0.1) is 12.2 Å². The molecule has 154 valence electrons. The molecule has 0 spiro atoms. The number of pyridine rings is 1. The van der Waals surface area contributed by atoms with E-state index in [1.807, 2.05) is 30.3 Å². The molecule has 3 rings (SSSR count). The molecule has 30 heavy (non-hydrogen) atoms. The van der Waals surface area contributed by atoms with Crippen LogP contribution in [0.2, 0.25) is 0 Å². The van der Waals surface area contributed by atoms with Crippen molar-refractivity contribution in [2.24, 2.45) is 0 Å². The zero-order valence-electron chi connectivity index (χ0n) is 16.8. The monoisotopic (exact) mass is 404 g/mol. The van der Waals surface area contributed by atoms with E-state index in [1.54, 1.807) is 48.8 Å². The molecule has 0 saturated carbocycles. The van der Waals surface area contributed by atoms with E-state index in [4.69, 9.17) is 9.47 Å². The van der Waals surface area contributed by atoms with Gasteiger partial charge >= 0.3 is 5.97 Å². The number of carbonyl (C=O) groups excluding carboxylic acids is 2. The maximum atomic E-state index is 12.5. The Balaban J connectivity index is 1.60. The van der Waals surface area contributed by atoms with Crippen LogP contribution in [0.5, 0.6) is 11.5 Å². The number of ether oxygens (including phenoxy) is 2. The van der Waals surface area contributed by atoms with Crippen molar-refractivity contribution in [2.75, 3.05) is 6.61 Å². The second kappa shape index (κ2) is 10.8. The molecule has 3 aromatic rings. The SMILES string of the molecule is CCCC(NC(=O)COC(=O)c1ccccc1Oc1cccnc1)c1ccccc1. The molecule has 0 aliphatic heterocycles. The fourth-order valence-corrected chi connectivity index (χ4v) is 3.00. The van der Waals surface area contributed by atoms with Crippen LogP contribution in [0, 0.1) is 0 Å². The van der Waals surface area contributed by atoms with E-state index in [0.29, 0.717) is 11.5 Å². The van der Waals surface area contributed by atoms with Crippen LogP contribution >= 0.6 is 0 Å². The van der Waals surface area contributed by atoms with Gasteiger partial charge in [-0.1, -0.05) is 55.8 Å². The molecule has 0 bridgehead atoms. The molecule has 0 saturated heterocycles. The first-order chi connectivity index (χ1) is 14.7. The maximum absolute atomic E-state index is 12.5. The van der Waals surface area contributed by atoms with Crippen molar-refractivity contribution >= 4 is 11.9 Å². The molecular weight excluding hydrogens is 380 g/mol. The third kappa shape index (κ3) is 5.91. The molecule has 1 heterocycles. The van der Waals surface area contributed by atoms with Gasteiger partial charge in [-0.05, 0) is 36.2 Å². The Morgan fingerprint density at radius 1 is 1.00 bits per heavy atom. The average Bonchev–Trinajstić information content (AvgIpc) is 2.79. The summed E-state index contributed by atoms with van der Waals surface area (Å²) in [4.78, 5) is 28.9. The van der Waals surface area contributed by atoms with Crippen LogP contribution in [0.25, 0.3) is 0 Å². The fourth-order valence-electron chi connectivity index (χ4n) is 3.00. The zero-order chi connectivity index (χ0) is 21.2. The topological polar surface area (TPSA) is 77.5 Å². The average molecular weight is 404 g/mol. The fraction of sp³-hybridized carbons (Fsp3) is 0.208. The van der Waals surface area contributed by atoms with Crippen LogP contribution < -0.4 is 10.1 Å². The van der Waals surface area contributed by atoms with E-state index in [2.05, 4.69) is 17.2 Å². The van der Waals surface area contributed by atoms with Crippen molar-refractivity contribution < 1.29 is 19.1 Å². The van der Waals surface area contributed by atoms with E-state index >= 15 is 0 Å². The number of hydrogen-bond acceptors (Lipinski definition) is 5. The standard InChI is InChI=1S/C24H24N2O4/c1-2-9-21(18-10-4-3-5-11-18)26-23(27)17-29-24(28)20-13-6-7-14-22(20)30-19-12-8-15-25-16-19/h3-8,10-16,21H,2,9,17H2,1H3,(H,26,27). The minimum Gasteiger partial charge on any atom is -0.455 e. The summed E-state index contributed by atoms with van der Waals surface area (Å²) in [6, 6.07) is 19.8. The number of hydrogen-bond donors (Lipinski definition) is 1. The lowest BCUT2D eigenvalue weighted by molar-refractivity contribution is -0.125. The van der Waals surface area contributed by atoms with Gasteiger partial charge in [0, 0.05) is 6.20 Å². The van der Waals surface area contributed by atoms with Gasteiger partial charge in [0.2, 0.25) is 0 Å². The summed E-state index contributed by atoms with van der Waals surface area (Å²) < 4.78 is 11.0. The Labute approximate surface area is 175 Å². The first-order valence-corrected chi connectivity index (χ1v) is 9.85. The predicted molar refractivity (Wildman–Crippen MR) is 113 cm³/mol. The van der Waals surface area contributed by atoms with E-state index in [1.165, 1.54) is 0 Å². The lowest BCUT2D eigenvalue weighted by Gasteiger charge is -2.18. The first-order valence-electron chi connectivity index (χ1n) is 9.85. The zero-order valence-corrected chi connectivity index (χ0v) is 16.8. The van der Waals surface area contributed by atoms with Crippen molar-refractivity contribution in [3.63, 3.8) is 0 Å². The van der Waals surface area contributed by atoms with E-state index in [-0.39, 0.29) is 24.1 Å². The number of carbonyl (C=O) groups is 2. The van der Waals surface area contributed by atoms with Crippen LogP contribution in [0.15, 0.2) is 79.1 Å². The first kappa shape index (κ1) is 21.0. The Kier molecular flexibility index (Phi) is 7.55. The van der Waals surface area contributed by atoms with E-state index in [9.17, 15) is 9.59 Å². The second-order valence-corrected chi connectivity index (χ2v) is 6.68. The smallest absolute Gasteiger partial charge is 0.342 e. The maximum Gasteiger partial charge on any atom is 0.342 e. The van der Waals surface area contributed by atoms with Gasteiger partial charge in [-0.15, -0.1) is 0 Å². The highest BCUT2D eigenvalue weighted by atomic mass is 16.5. The third-order valence-electron chi connectivity index (χ3n) is 4.42. The Morgan fingerprint density at radius 3 is 2.50 bits per heavy atom. The Hall–Kier alpha value is -3.67. The highest BCUT2D eigenvalue weighted by molar-refractivity contribution is 5.94. The molecule has 1 atom stereocenters. The largest absolute Gasteiger partial charge is 0.455 e. The lowest BCUT2D eigenvalue weighted by atomic mass is 10.0. The van der Waals surface area contributed by atoms with Crippen LogP contribution in [0.4, 0.5) is 0 Å². The molecule has 6 heteroatoms. The molecule has 0 aliphatic rings. The van der Waals surface area contributed by atoms with Gasteiger partial charge in [-0.25, -0.2) is 4.79 Å². The minimum atomic E-state index is -0.628. The van der Waals surface area contributed by atoms with Crippen molar-refractivity contribution in [2.45, 2.75) is 25.8 Å². The molecule has 0 radical (unpaired) electrons. The summed E-state index contributed by atoms with van der Waals surface area (Å²) in [5.41, 5.74) is 1.26. The Bertz CT molecular complexity index is 961. The summed E-state index contributed by atoms with van der Waals surface area (Å²) in [5.74, 6) is -0.141. The van der Waals surface area contributed by atoms with Crippen LogP contribution in [0.3, 0.4) is 0 Å². The molecular formula is C24H24N2O4. The number of esters is 1. The van der Waals surface area contributed by atoms with Crippen molar-refractivity contribution in [1.29, 1.82) is 0 Å². The van der Waals surface area contributed by atoms with E-state index < -0.39 is 5.97 Å². The third-order valence-corrected chi connectivity index (χ3v) is 4.42. The van der Waals surface area contributed by atoms with Gasteiger partial charge in [0.25, 0.3) is 5.91 Å². The molecule has 0 fully saturated rings. The summed E-state index contributed by atoms with van der Waals surface area (Å²) >= 11 is 0. The minimum absolute atomic E-state index is 0.122. The summed E-state index contributed by atoms with van der Waals surface area (Å²) in [7, 11) is 0. The van der Waals surface area contributed by atoms with Gasteiger partial charge < -0.3 is 14.8 Å². The van der Waals surface area contributed by atoms with Crippen molar-refractivity contribution in [3.8, 4) is 11.5 Å². The molecule has 1 N–H and O–H groups in total. The van der Waals surface area contributed by atoms with Crippen LogP contribution in [-0.4, -0.2) is 23.5 Å². The summed E-state index contributed by atoms with van der Waals surface area (Å²) in [6.07, 6.45) is 4.89. The number of nitrogens with one attached hydrogen (secondary N) is 1. The summed E-state index contributed by atoms with van der Waals surface area (Å²) in [5, 5.41) is 2.94. The summed E-state index contributed by atoms with van der Waals surface area (Å²) in [6.45, 7) is 1.69. The number of para-hydroxylation sites is 1. The molecule has 1 aromatic heterocycles. The quantitative estimate of drug-likeness (QED) is 0.524.